The molecule has 0 saturated heterocycles. The monoisotopic (exact) mass is 376 g/mol. The van der Waals surface area contributed by atoms with Gasteiger partial charge in [0.05, 0.1) is 0 Å². The van der Waals surface area contributed by atoms with E-state index in [9.17, 15) is 0 Å². The van der Waals surface area contributed by atoms with Crippen LogP contribution in [0.25, 0.3) is 17.1 Å². The Morgan fingerprint density at radius 1 is 0.893 bits per heavy atom. The Morgan fingerprint density at radius 3 is 2.07 bits per heavy atom. The zero-order valence-corrected chi connectivity index (χ0v) is 18.4. The molecule has 3 rings (SSSR count). The Bertz CT molecular complexity index is 830. The van der Waals surface area contributed by atoms with Crippen molar-refractivity contribution in [3.8, 4) is 17.1 Å². The smallest absolute Gasteiger partial charge is 0.144 e. The minimum Gasteiger partial charge on any atom is -0.300 e. The number of imidazole rings is 1. The Morgan fingerprint density at radius 2 is 1.50 bits per heavy atom. The maximum Gasteiger partial charge on any atom is 0.144 e. The van der Waals surface area contributed by atoms with E-state index in [0.29, 0.717) is 5.92 Å². The Balaban J connectivity index is 0.000000640. The summed E-state index contributed by atoms with van der Waals surface area (Å²) in [5, 5.41) is 0. The van der Waals surface area contributed by atoms with Gasteiger partial charge in [0.25, 0.3) is 0 Å². The lowest BCUT2D eigenvalue weighted by molar-refractivity contribution is 0.327. The van der Waals surface area contributed by atoms with Crippen LogP contribution in [0.15, 0.2) is 67.0 Å². The molecule has 0 N–H and O–H groups in total. The molecule has 28 heavy (non-hydrogen) atoms. The highest BCUT2D eigenvalue weighted by atomic mass is 15.1. The van der Waals surface area contributed by atoms with E-state index in [4.69, 9.17) is 4.98 Å². The molecule has 0 amide bonds. The fourth-order valence-corrected chi connectivity index (χ4v) is 3.39. The molecular formula is C26H36N2. The van der Waals surface area contributed by atoms with Gasteiger partial charge in [-0.2, -0.15) is 0 Å². The molecule has 1 atom stereocenters. The molecule has 3 aromatic rings. The molecule has 1 aromatic heterocycles. The number of nitrogens with zero attached hydrogens (tertiary/aromatic N) is 2. The fourth-order valence-electron chi connectivity index (χ4n) is 3.39. The molecule has 2 aromatic carbocycles. The zero-order valence-electron chi connectivity index (χ0n) is 18.4. The van der Waals surface area contributed by atoms with Crippen molar-refractivity contribution in [3.63, 3.8) is 0 Å². The molecule has 0 aliphatic carbocycles. The normalized spacial score (nSPS) is 13.0. The summed E-state index contributed by atoms with van der Waals surface area (Å²) >= 11 is 0. The molecule has 0 bridgehead atoms. The average molecular weight is 377 g/mol. The van der Waals surface area contributed by atoms with Crippen LogP contribution in [0.3, 0.4) is 0 Å². The standard InChI is InChI=1S/C22H26N2.C4H10/c1-5-22(4,17(2)3)20-14-10-9-13-19(20)21-23-15-16-24(21)18-11-7-6-8-12-18;1-3-4-2/h6-17H,5H2,1-4H3;3-4H2,1-2H3. The van der Waals surface area contributed by atoms with Crippen LogP contribution < -0.4 is 0 Å². The maximum atomic E-state index is 4.69. The number of aromatic nitrogens is 2. The second-order valence-electron chi connectivity index (χ2n) is 7.93. The van der Waals surface area contributed by atoms with E-state index in [2.05, 4.69) is 94.6 Å². The molecular weight excluding hydrogens is 340 g/mol. The zero-order chi connectivity index (χ0) is 20.6. The third-order valence-electron chi connectivity index (χ3n) is 5.97. The molecule has 1 unspecified atom stereocenters. The van der Waals surface area contributed by atoms with Gasteiger partial charge in [0.15, 0.2) is 0 Å². The van der Waals surface area contributed by atoms with Crippen molar-refractivity contribution in [1.29, 1.82) is 0 Å². The van der Waals surface area contributed by atoms with Crippen molar-refractivity contribution >= 4 is 0 Å². The van der Waals surface area contributed by atoms with Crippen molar-refractivity contribution in [3.05, 3.63) is 72.6 Å². The fraction of sp³-hybridized carbons (Fsp3) is 0.423. The van der Waals surface area contributed by atoms with Crippen LogP contribution >= 0.6 is 0 Å². The number of para-hydroxylation sites is 1. The SMILES string of the molecule is CCC(C)(c1ccccc1-c1nccn1-c1ccccc1)C(C)C.CCCC. The Hall–Kier alpha value is -2.35. The summed E-state index contributed by atoms with van der Waals surface area (Å²) in [4.78, 5) is 4.69. The van der Waals surface area contributed by atoms with E-state index >= 15 is 0 Å². The van der Waals surface area contributed by atoms with E-state index in [1.54, 1.807) is 0 Å². The summed E-state index contributed by atoms with van der Waals surface area (Å²) in [5.41, 5.74) is 3.88. The predicted molar refractivity (Wildman–Crippen MR) is 122 cm³/mol. The number of benzene rings is 2. The molecule has 0 aliphatic rings. The van der Waals surface area contributed by atoms with Crippen molar-refractivity contribution in [2.45, 2.75) is 66.2 Å². The highest BCUT2D eigenvalue weighted by molar-refractivity contribution is 5.65. The van der Waals surface area contributed by atoms with Gasteiger partial charge in [-0.15, -0.1) is 0 Å². The van der Waals surface area contributed by atoms with Gasteiger partial charge in [0.1, 0.15) is 5.82 Å². The minimum atomic E-state index is 0.129. The predicted octanol–water partition coefficient (Wildman–Crippen LogP) is 7.67. The quantitative estimate of drug-likeness (QED) is 0.431. The highest BCUT2D eigenvalue weighted by Crippen LogP contribution is 2.40. The average Bonchev–Trinajstić information content (AvgIpc) is 3.23. The number of rotatable bonds is 6. The van der Waals surface area contributed by atoms with E-state index in [0.717, 1.165) is 17.9 Å². The van der Waals surface area contributed by atoms with Gasteiger partial charge >= 0.3 is 0 Å². The highest BCUT2D eigenvalue weighted by Gasteiger charge is 2.31. The lowest BCUT2D eigenvalue weighted by atomic mass is 9.70. The van der Waals surface area contributed by atoms with Crippen LogP contribution in [-0.4, -0.2) is 9.55 Å². The van der Waals surface area contributed by atoms with Crippen molar-refractivity contribution in [2.75, 3.05) is 0 Å². The van der Waals surface area contributed by atoms with Gasteiger partial charge in [-0.05, 0) is 35.4 Å². The van der Waals surface area contributed by atoms with Gasteiger partial charge in [-0.1, -0.05) is 96.8 Å². The minimum absolute atomic E-state index is 0.129. The van der Waals surface area contributed by atoms with Crippen LogP contribution in [0.5, 0.6) is 0 Å². The van der Waals surface area contributed by atoms with Gasteiger partial charge < -0.3 is 0 Å². The molecule has 0 spiro atoms. The number of unbranched alkanes of at least 4 members (excludes halogenated alkanes) is 1. The van der Waals surface area contributed by atoms with Gasteiger partial charge in [-0.25, -0.2) is 4.98 Å². The lowest BCUT2D eigenvalue weighted by Gasteiger charge is -2.35. The molecule has 0 aliphatic heterocycles. The third-order valence-corrected chi connectivity index (χ3v) is 5.97. The second-order valence-corrected chi connectivity index (χ2v) is 7.93. The first kappa shape index (κ1) is 21.9. The van der Waals surface area contributed by atoms with Crippen molar-refractivity contribution < 1.29 is 0 Å². The van der Waals surface area contributed by atoms with E-state index in [1.165, 1.54) is 24.0 Å². The summed E-state index contributed by atoms with van der Waals surface area (Å²) in [6.45, 7) is 13.6. The second kappa shape index (κ2) is 10.3. The molecule has 2 heteroatoms. The molecule has 1 heterocycles. The molecule has 0 radical (unpaired) electrons. The van der Waals surface area contributed by atoms with Crippen LogP contribution in [0.4, 0.5) is 0 Å². The van der Waals surface area contributed by atoms with Gasteiger partial charge in [0, 0.05) is 23.6 Å². The van der Waals surface area contributed by atoms with Crippen LogP contribution in [0.1, 0.15) is 66.4 Å². The first-order chi connectivity index (χ1) is 13.5. The van der Waals surface area contributed by atoms with Gasteiger partial charge in [-0.3, -0.25) is 4.57 Å². The van der Waals surface area contributed by atoms with Crippen molar-refractivity contribution in [1.82, 2.24) is 9.55 Å². The first-order valence-corrected chi connectivity index (χ1v) is 10.7. The molecule has 0 saturated carbocycles. The van der Waals surface area contributed by atoms with E-state index in [-0.39, 0.29) is 5.41 Å². The Labute approximate surface area is 171 Å². The first-order valence-electron chi connectivity index (χ1n) is 10.7. The lowest BCUT2D eigenvalue weighted by Crippen LogP contribution is -2.28. The van der Waals surface area contributed by atoms with E-state index in [1.807, 2.05) is 18.5 Å². The summed E-state index contributed by atoms with van der Waals surface area (Å²) in [7, 11) is 0. The third kappa shape index (κ3) is 4.73. The van der Waals surface area contributed by atoms with Gasteiger partial charge in [0.2, 0.25) is 0 Å². The summed E-state index contributed by atoms with van der Waals surface area (Å²) in [6.07, 6.45) is 7.67. The summed E-state index contributed by atoms with van der Waals surface area (Å²) in [6, 6.07) is 19.1. The van der Waals surface area contributed by atoms with Crippen molar-refractivity contribution in [2.24, 2.45) is 5.92 Å². The topological polar surface area (TPSA) is 17.8 Å². The largest absolute Gasteiger partial charge is 0.300 e. The Kier molecular flexibility index (Phi) is 8.04. The van der Waals surface area contributed by atoms with E-state index < -0.39 is 0 Å². The van der Waals surface area contributed by atoms with Crippen LogP contribution in [0.2, 0.25) is 0 Å². The maximum absolute atomic E-state index is 4.69. The van der Waals surface area contributed by atoms with Crippen LogP contribution in [0, 0.1) is 5.92 Å². The van der Waals surface area contributed by atoms with Crippen LogP contribution in [-0.2, 0) is 5.41 Å². The molecule has 150 valence electrons. The summed E-state index contributed by atoms with van der Waals surface area (Å²) < 4.78 is 2.18. The molecule has 0 fully saturated rings. The summed E-state index contributed by atoms with van der Waals surface area (Å²) in [5.74, 6) is 1.57. The number of hydrogen-bond donors (Lipinski definition) is 0. The molecule has 2 nitrogen and oxygen atoms in total. The number of hydrogen-bond acceptors (Lipinski definition) is 1.